The number of benzene rings is 3. The first-order valence-electron chi connectivity index (χ1n) is 24.4. The highest BCUT2D eigenvalue weighted by Crippen LogP contribution is 2.36. The van der Waals surface area contributed by atoms with Crippen molar-refractivity contribution in [1.29, 1.82) is 0 Å². The average Bonchev–Trinajstić information content (AvgIpc) is 4.21. The number of hydrogen-bond acceptors (Lipinski definition) is 8. The predicted octanol–water partition coefficient (Wildman–Crippen LogP) is 10.1. The Morgan fingerprint density at radius 2 is 1.13 bits per heavy atom. The predicted molar refractivity (Wildman–Crippen MR) is 268 cm³/mol. The number of aromatic amines is 2. The summed E-state index contributed by atoms with van der Waals surface area (Å²) in [7, 11) is 2.60. The van der Waals surface area contributed by atoms with Crippen molar-refractivity contribution >= 4 is 29.6 Å². The maximum Gasteiger partial charge on any atom is 0.407 e. The number of nitrogens with one attached hydrogen (secondary N) is 4. The molecule has 14 heteroatoms. The second kappa shape index (κ2) is 21.6. The van der Waals surface area contributed by atoms with Gasteiger partial charge in [0.1, 0.15) is 23.7 Å². The van der Waals surface area contributed by atoms with Crippen LogP contribution in [0.15, 0.2) is 97.4 Å². The van der Waals surface area contributed by atoms with E-state index in [0.29, 0.717) is 13.1 Å². The zero-order valence-corrected chi connectivity index (χ0v) is 40.8. The number of hydrogen-bond donors (Lipinski definition) is 4. The minimum atomic E-state index is -0.686. The number of carbonyl (C=O) groups excluding carboxylic acids is 4. The van der Waals surface area contributed by atoms with Crippen LogP contribution in [0.1, 0.15) is 113 Å². The Labute approximate surface area is 405 Å². The van der Waals surface area contributed by atoms with Gasteiger partial charge >= 0.3 is 12.2 Å². The SMILES string of the molecule is C=C1/C=C(/c2ccc(-c3cnc(C4CCCN4C(=O)C(NC(=O)OC)C(C)C)[nH]3)cc2)CCCc2ccc(c(-c3ccc(-c4cnc(C5CCCN5C(=O)C(NC(=O)OC)C(C)C)[nH]4)cc3)c2)CC1. The van der Waals surface area contributed by atoms with E-state index in [1.54, 1.807) is 0 Å². The quantitative estimate of drug-likeness (QED) is 0.0956. The molecule has 5 aromatic rings. The normalized spacial score (nSPS) is 19.1. The fourth-order valence-electron chi connectivity index (χ4n) is 10.0. The van der Waals surface area contributed by atoms with Gasteiger partial charge in [0.25, 0.3) is 0 Å². The van der Waals surface area contributed by atoms with E-state index in [0.717, 1.165) is 103 Å². The Morgan fingerprint density at radius 1 is 0.638 bits per heavy atom. The Balaban J connectivity index is 0.917. The first kappa shape index (κ1) is 48.5. The van der Waals surface area contributed by atoms with Gasteiger partial charge in [-0.15, -0.1) is 0 Å². The smallest absolute Gasteiger partial charge is 0.407 e. The van der Waals surface area contributed by atoms with Crippen molar-refractivity contribution in [3.8, 4) is 33.6 Å². The topological polar surface area (TPSA) is 175 Å². The van der Waals surface area contributed by atoms with Crippen LogP contribution in [0.5, 0.6) is 0 Å². The maximum atomic E-state index is 13.7. The summed E-state index contributed by atoms with van der Waals surface area (Å²) < 4.78 is 9.59. The molecule has 4 amide bonds. The number of likely N-dealkylation sites (tertiary alicyclic amines) is 2. The standard InChI is InChI=1S/C55H66N8O6/c1-33(2)48(60-54(66)68-6)52(64)62-27-9-13-46(62)50-56-31-44(58-50)40-23-19-37(20-24-40)42-12-8-11-36-16-18-38(17-15-35(5)29-42)43(30-36)39-21-25-41(26-22-39)45-32-57-51(59-45)47-14-10-28-63(47)53(65)49(34(3)4)61-55(67)69-7/h16,18-26,29-34,46-49H,5,8-15,17,27-28H2,1-4,6-7H3,(H,56,58)(H,57,59)(H,60,66)(H,61,67)/b42-29+. The van der Waals surface area contributed by atoms with E-state index in [-0.39, 0.29) is 35.7 Å². The summed E-state index contributed by atoms with van der Waals surface area (Å²) in [6, 6.07) is 22.4. The lowest BCUT2D eigenvalue weighted by Gasteiger charge is -2.30. The molecule has 0 saturated carbocycles. The zero-order chi connectivity index (χ0) is 48.8. The number of amides is 4. The molecule has 0 spiro atoms. The van der Waals surface area contributed by atoms with Gasteiger partial charge in [-0.1, -0.05) is 113 Å². The Hall–Kier alpha value is -6.96. The Bertz CT molecular complexity index is 2680. The molecule has 0 radical (unpaired) electrons. The monoisotopic (exact) mass is 935 g/mol. The number of H-pyrrole nitrogens is 2. The molecular formula is C55H66N8O6. The molecule has 14 nitrogen and oxygen atoms in total. The molecule has 9 rings (SSSR count). The van der Waals surface area contributed by atoms with Gasteiger partial charge in [0.05, 0.1) is 50.1 Å². The Morgan fingerprint density at radius 3 is 1.62 bits per heavy atom. The third-order valence-electron chi connectivity index (χ3n) is 13.9. The lowest BCUT2D eigenvalue weighted by Crippen LogP contribution is -2.51. The molecule has 2 fully saturated rings. The molecule has 2 aliphatic carbocycles. The number of carbonyl (C=O) groups is 4. The van der Waals surface area contributed by atoms with E-state index < -0.39 is 24.3 Å². The fraction of sp³-hybridized carbons (Fsp3) is 0.418. The Kier molecular flexibility index (Phi) is 15.1. The molecule has 4 unspecified atom stereocenters. The van der Waals surface area contributed by atoms with Crippen LogP contribution in [0.25, 0.3) is 39.2 Å². The molecule has 69 heavy (non-hydrogen) atoms. The van der Waals surface area contributed by atoms with Gasteiger partial charge in [-0.25, -0.2) is 19.6 Å². The summed E-state index contributed by atoms with van der Waals surface area (Å²) in [4.78, 5) is 71.6. The van der Waals surface area contributed by atoms with E-state index in [9.17, 15) is 19.2 Å². The highest BCUT2D eigenvalue weighted by Gasteiger charge is 2.39. The molecular weight excluding hydrogens is 869 g/mol. The molecule has 2 saturated heterocycles. The summed E-state index contributed by atoms with van der Waals surface area (Å²) in [5.74, 6) is 1.02. The van der Waals surface area contributed by atoms with Crippen LogP contribution >= 0.6 is 0 Å². The van der Waals surface area contributed by atoms with Crippen LogP contribution in [0.4, 0.5) is 9.59 Å². The number of imidazole rings is 2. The van der Waals surface area contributed by atoms with Crippen molar-refractivity contribution in [2.45, 2.75) is 110 Å². The number of aromatic nitrogens is 4. The number of fused-ring (bicyclic) bond motifs is 8. The summed E-state index contributed by atoms with van der Waals surface area (Å²) in [5.41, 5.74) is 12.3. The molecule has 4 atom stereocenters. The van der Waals surface area contributed by atoms with E-state index in [4.69, 9.17) is 19.4 Å². The van der Waals surface area contributed by atoms with Gasteiger partial charge in [-0.2, -0.15) is 0 Å². The zero-order valence-electron chi connectivity index (χ0n) is 40.8. The molecule has 4 aliphatic rings. The van der Waals surface area contributed by atoms with Crippen LogP contribution < -0.4 is 10.6 Å². The largest absolute Gasteiger partial charge is 0.453 e. The maximum absolute atomic E-state index is 13.7. The van der Waals surface area contributed by atoms with Crippen molar-refractivity contribution in [1.82, 2.24) is 40.4 Å². The number of nitrogens with zero attached hydrogens (tertiary/aromatic N) is 4. The minimum Gasteiger partial charge on any atom is -0.453 e. The summed E-state index contributed by atoms with van der Waals surface area (Å²) in [6.07, 6.45) is 12.5. The van der Waals surface area contributed by atoms with Crippen LogP contribution in [-0.4, -0.2) is 93.1 Å². The van der Waals surface area contributed by atoms with Crippen molar-refractivity contribution in [3.05, 3.63) is 126 Å². The summed E-state index contributed by atoms with van der Waals surface area (Å²) in [5, 5.41) is 5.44. The van der Waals surface area contributed by atoms with Crippen molar-refractivity contribution in [2.75, 3.05) is 27.3 Å². The molecule has 4 N–H and O–H groups in total. The summed E-state index contributed by atoms with van der Waals surface area (Å²) in [6.45, 7) is 13.4. The third-order valence-corrected chi connectivity index (χ3v) is 13.9. The van der Waals surface area contributed by atoms with Crippen molar-refractivity contribution < 1.29 is 28.7 Å². The molecule has 2 aliphatic heterocycles. The van der Waals surface area contributed by atoms with Gasteiger partial charge in [0.15, 0.2) is 0 Å². The van der Waals surface area contributed by atoms with Gasteiger partial charge < -0.3 is 39.9 Å². The number of methoxy groups -OCH3 is 2. The molecule has 2 aromatic heterocycles. The number of alkyl carbamates (subject to hydrolysis) is 2. The number of rotatable bonds is 12. The minimum absolute atomic E-state index is 0.103. The first-order valence-corrected chi connectivity index (χ1v) is 24.4. The van der Waals surface area contributed by atoms with Crippen LogP contribution in [0.3, 0.4) is 0 Å². The van der Waals surface area contributed by atoms with Crippen LogP contribution in [-0.2, 0) is 31.9 Å². The fourth-order valence-corrected chi connectivity index (χ4v) is 10.0. The second-order valence-electron chi connectivity index (χ2n) is 19.3. The highest BCUT2D eigenvalue weighted by molar-refractivity contribution is 5.87. The molecule has 362 valence electrons. The highest BCUT2D eigenvalue weighted by atomic mass is 16.5. The second-order valence-corrected chi connectivity index (χ2v) is 19.3. The third kappa shape index (κ3) is 11.0. The number of allylic oxidation sites excluding steroid dienone is 3. The van der Waals surface area contributed by atoms with E-state index in [2.05, 4.69) is 100.0 Å². The van der Waals surface area contributed by atoms with Gasteiger partial charge in [0, 0.05) is 13.1 Å². The molecule has 4 heterocycles. The lowest BCUT2D eigenvalue weighted by molar-refractivity contribution is -0.136. The van der Waals surface area contributed by atoms with Crippen molar-refractivity contribution in [2.24, 2.45) is 11.8 Å². The van der Waals surface area contributed by atoms with Crippen LogP contribution in [0.2, 0.25) is 0 Å². The first-order chi connectivity index (χ1) is 33.3. The van der Waals surface area contributed by atoms with Gasteiger partial charge in [-0.3, -0.25) is 9.59 Å². The number of aryl methyl sites for hydroxylation is 2. The average molecular weight is 935 g/mol. The van der Waals surface area contributed by atoms with Crippen molar-refractivity contribution in [3.63, 3.8) is 0 Å². The van der Waals surface area contributed by atoms with E-state index in [1.807, 2.05) is 49.9 Å². The van der Waals surface area contributed by atoms with Crippen LogP contribution in [0, 0.1) is 11.8 Å². The molecule has 3 aromatic carbocycles. The van der Waals surface area contributed by atoms with Gasteiger partial charge in [-0.05, 0) is 114 Å². The number of ether oxygens (including phenoxy) is 2. The van der Waals surface area contributed by atoms with Gasteiger partial charge in [0.2, 0.25) is 11.8 Å². The molecule has 2 bridgehead atoms. The lowest BCUT2D eigenvalue weighted by atomic mass is 9.89. The van der Waals surface area contributed by atoms with E-state index in [1.165, 1.54) is 42.0 Å². The van der Waals surface area contributed by atoms with E-state index >= 15 is 0 Å². The summed E-state index contributed by atoms with van der Waals surface area (Å²) >= 11 is 0.